The molecule has 0 saturated carbocycles. The highest BCUT2D eigenvalue weighted by atomic mass is 32.2. The molecular weight excluding hydrogens is 583 g/mol. The molecule has 0 aliphatic heterocycles. The lowest BCUT2D eigenvalue weighted by Gasteiger charge is -2.20. The van der Waals surface area contributed by atoms with E-state index in [0.29, 0.717) is 30.6 Å². The molecular formula is C29H31FN4O6S2. The fraction of sp³-hybridized carbons (Fsp3) is 0.310. The minimum Gasteiger partial charge on any atom is -0.483 e. The van der Waals surface area contributed by atoms with Crippen LogP contribution in [-0.4, -0.2) is 58.0 Å². The largest absolute Gasteiger partial charge is 0.483 e. The van der Waals surface area contributed by atoms with Crippen molar-refractivity contribution in [3.63, 3.8) is 0 Å². The fourth-order valence-electron chi connectivity index (χ4n) is 4.31. The van der Waals surface area contributed by atoms with Crippen LogP contribution < -0.4 is 10.1 Å². The highest BCUT2D eigenvalue weighted by Crippen LogP contribution is 2.29. The van der Waals surface area contributed by atoms with Crippen molar-refractivity contribution in [2.45, 2.75) is 37.8 Å². The number of rotatable bonds is 14. The van der Waals surface area contributed by atoms with Gasteiger partial charge in [-0.3, -0.25) is 4.79 Å². The molecule has 4 rings (SSSR count). The number of nitrogens with zero attached hydrogens (tertiary/aromatic N) is 3. The van der Waals surface area contributed by atoms with Crippen LogP contribution in [0.15, 0.2) is 66.4 Å². The number of ether oxygens (including phenoxy) is 1. The Balaban J connectivity index is 1.62. The number of aliphatic carboxylic acids is 1. The Bertz CT molecular complexity index is 1620. The van der Waals surface area contributed by atoms with Crippen LogP contribution in [0.4, 0.5) is 4.39 Å². The summed E-state index contributed by atoms with van der Waals surface area (Å²) in [5.74, 6) is -1.62. The van der Waals surface area contributed by atoms with E-state index in [9.17, 15) is 27.5 Å². The lowest BCUT2D eigenvalue weighted by Crippen LogP contribution is -2.42. The van der Waals surface area contributed by atoms with Crippen LogP contribution in [0.5, 0.6) is 5.75 Å². The Morgan fingerprint density at radius 1 is 1.12 bits per heavy atom. The third kappa shape index (κ3) is 8.70. The van der Waals surface area contributed by atoms with Crippen LogP contribution in [0, 0.1) is 5.82 Å². The van der Waals surface area contributed by atoms with Gasteiger partial charge in [0, 0.05) is 49.3 Å². The van der Waals surface area contributed by atoms with Crippen molar-refractivity contribution in [3.05, 3.63) is 99.8 Å². The predicted molar refractivity (Wildman–Crippen MR) is 156 cm³/mol. The number of carbonyl (C=O) groups is 2. The quantitative estimate of drug-likeness (QED) is 0.219. The molecule has 4 aromatic rings. The van der Waals surface area contributed by atoms with E-state index in [-0.39, 0.29) is 17.8 Å². The number of nitrogens with one attached hydrogen (secondary N) is 1. The molecule has 13 heteroatoms. The van der Waals surface area contributed by atoms with Gasteiger partial charge in [-0.1, -0.05) is 18.2 Å². The number of halogens is 1. The second-order valence-corrected chi connectivity index (χ2v) is 13.0. The van der Waals surface area contributed by atoms with Crippen LogP contribution >= 0.6 is 11.3 Å². The zero-order chi connectivity index (χ0) is 30.3. The first kappa shape index (κ1) is 30.8. The number of aromatic nitrogens is 3. The fourth-order valence-corrected chi connectivity index (χ4v) is 5.64. The molecule has 0 aliphatic carbocycles. The van der Waals surface area contributed by atoms with E-state index in [0.717, 1.165) is 22.7 Å². The maximum absolute atomic E-state index is 13.5. The Labute approximate surface area is 247 Å². The van der Waals surface area contributed by atoms with Crippen molar-refractivity contribution in [2.75, 3.05) is 12.0 Å². The molecule has 42 heavy (non-hydrogen) atoms. The van der Waals surface area contributed by atoms with E-state index in [2.05, 4.69) is 15.3 Å². The number of aryl methyl sites for hydroxylation is 3. The molecule has 2 aromatic heterocycles. The molecule has 2 heterocycles. The standard InChI is InChI=1S/C29H31FN4O6S2/c1-34-14-12-31-26(34)18-25(28-32-13-15-41-28)40-22-10-7-20(6-3-19-4-8-21(30)9-5-19)23(17-22)27(35)33-24(29(36)37)11-16-42(2,38)39/h4-5,7-10,12-15,17,24-25H,3,6,11,16,18H2,1-2H3,(H,33,35)(H,36,37)/t24-,25?/m0/s1. The second kappa shape index (κ2) is 13.7. The monoisotopic (exact) mass is 614 g/mol. The molecule has 2 atom stereocenters. The molecule has 0 saturated heterocycles. The number of thiazole rings is 1. The normalized spacial score (nSPS) is 12.9. The van der Waals surface area contributed by atoms with Gasteiger partial charge in [-0.2, -0.15) is 0 Å². The van der Waals surface area contributed by atoms with E-state index in [1.807, 2.05) is 23.2 Å². The first-order valence-corrected chi connectivity index (χ1v) is 16.0. The van der Waals surface area contributed by atoms with Gasteiger partial charge >= 0.3 is 5.97 Å². The van der Waals surface area contributed by atoms with Gasteiger partial charge in [0.25, 0.3) is 5.91 Å². The van der Waals surface area contributed by atoms with Crippen LogP contribution in [-0.2, 0) is 40.9 Å². The predicted octanol–water partition coefficient (Wildman–Crippen LogP) is 3.78. The summed E-state index contributed by atoms with van der Waals surface area (Å²) in [4.78, 5) is 34.1. The molecule has 0 bridgehead atoms. The number of imidazole rings is 1. The van der Waals surface area contributed by atoms with E-state index >= 15 is 0 Å². The number of hydrogen-bond acceptors (Lipinski definition) is 8. The Kier molecular flexibility index (Phi) is 10.1. The molecule has 0 aliphatic rings. The van der Waals surface area contributed by atoms with E-state index in [1.54, 1.807) is 42.7 Å². The molecule has 0 spiro atoms. The summed E-state index contributed by atoms with van der Waals surface area (Å²) in [5, 5.41) is 14.7. The van der Waals surface area contributed by atoms with Crippen LogP contribution in [0.1, 0.15) is 44.8 Å². The summed E-state index contributed by atoms with van der Waals surface area (Å²) in [6.45, 7) is 0. The van der Waals surface area contributed by atoms with Crippen molar-refractivity contribution in [1.82, 2.24) is 19.9 Å². The van der Waals surface area contributed by atoms with Crippen LogP contribution in [0.2, 0.25) is 0 Å². The van der Waals surface area contributed by atoms with Crippen molar-refractivity contribution in [2.24, 2.45) is 7.05 Å². The average molecular weight is 615 g/mol. The average Bonchev–Trinajstić information content (AvgIpc) is 3.62. The number of amides is 1. The summed E-state index contributed by atoms with van der Waals surface area (Å²) in [7, 11) is -1.57. The van der Waals surface area contributed by atoms with Crippen molar-refractivity contribution in [1.29, 1.82) is 0 Å². The minimum atomic E-state index is -3.44. The molecule has 222 valence electrons. The van der Waals surface area contributed by atoms with E-state index < -0.39 is 39.6 Å². The summed E-state index contributed by atoms with van der Waals surface area (Å²) in [5.41, 5.74) is 1.67. The number of sulfone groups is 1. The Morgan fingerprint density at radius 2 is 1.88 bits per heavy atom. The lowest BCUT2D eigenvalue weighted by atomic mass is 9.98. The Hall–Kier alpha value is -4.10. The SMILES string of the molecule is Cn1ccnc1CC(Oc1ccc(CCc2ccc(F)cc2)c(C(=O)N[C@@H](CCS(C)(=O)=O)C(=O)O)c1)c1nccs1. The topological polar surface area (TPSA) is 140 Å². The lowest BCUT2D eigenvalue weighted by molar-refractivity contribution is -0.139. The molecule has 2 N–H and O–H groups in total. The van der Waals surface area contributed by atoms with Gasteiger partial charge in [-0.05, 0) is 54.7 Å². The summed E-state index contributed by atoms with van der Waals surface area (Å²) < 4.78 is 44.8. The first-order chi connectivity index (χ1) is 20.0. The van der Waals surface area contributed by atoms with E-state index in [4.69, 9.17) is 4.74 Å². The van der Waals surface area contributed by atoms with Gasteiger partial charge in [0.15, 0.2) is 6.10 Å². The van der Waals surface area contributed by atoms with Gasteiger partial charge in [-0.15, -0.1) is 11.3 Å². The maximum atomic E-state index is 13.5. The van der Waals surface area contributed by atoms with Crippen LogP contribution in [0.25, 0.3) is 0 Å². The number of benzene rings is 2. The minimum absolute atomic E-state index is 0.190. The number of hydrogen-bond donors (Lipinski definition) is 2. The van der Waals surface area contributed by atoms with Gasteiger partial charge in [0.1, 0.15) is 38.3 Å². The van der Waals surface area contributed by atoms with Gasteiger partial charge < -0.3 is 19.7 Å². The summed E-state index contributed by atoms with van der Waals surface area (Å²) in [6, 6.07) is 9.65. The summed E-state index contributed by atoms with van der Waals surface area (Å²) in [6.07, 6.45) is 6.73. The number of carbonyl (C=O) groups excluding carboxylic acids is 1. The molecule has 2 aromatic carbocycles. The number of carboxylic acids is 1. The first-order valence-electron chi connectivity index (χ1n) is 13.1. The van der Waals surface area contributed by atoms with Crippen molar-refractivity contribution in [3.8, 4) is 5.75 Å². The Morgan fingerprint density at radius 3 is 2.50 bits per heavy atom. The third-order valence-electron chi connectivity index (χ3n) is 6.60. The highest BCUT2D eigenvalue weighted by molar-refractivity contribution is 7.90. The van der Waals surface area contributed by atoms with Gasteiger partial charge in [0.05, 0.1) is 5.75 Å². The van der Waals surface area contributed by atoms with E-state index in [1.165, 1.54) is 23.5 Å². The van der Waals surface area contributed by atoms with Crippen LogP contribution in [0.3, 0.4) is 0 Å². The molecule has 10 nitrogen and oxygen atoms in total. The molecule has 0 fully saturated rings. The molecule has 0 radical (unpaired) electrons. The second-order valence-electron chi connectivity index (χ2n) is 9.86. The number of carboxylic acid groups (broad SMARTS) is 1. The zero-order valence-electron chi connectivity index (χ0n) is 23.1. The highest BCUT2D eigenvalue weighted by Gasteiger charge is 2.25. The van der Waals surface area contributed by atoms with Gasteiger partial charge in [-0.25, -0.2) is 27.6 Å². The molecule has 1 amide bonds. The summed E-state index contributed by atoms with van der Waals surface area (Å²) >= 11 is 1.42. The smallest absolute Gasteiger partial charge is 0.326 e. The maximum Gasteiger partial charge on any atom is 0.326 e. The van der Waals surface area contributed by atoms with Gasteiger partial charge in [0.2, 0.25) is 0 Å². The molecule has 1 unspecified atom stereocenters. The zero-order valence-corrected chi connectivity index (χ0v) is 24.7. The van der Waals surface area contributed by atoms with Crippen molar-refractivity contribution >= 4 is 33.1 Å². The third-order valence-corrected chi connectivity index (χ3v) is 8.44. The van der Waals surface area contributed by atoms with Crippen molar-refractivity contribution < 1.29 is 32.2 Å².